The van der Waals surface area contributed by atoms with Crippen molar-refractivity contribution in [1.29, 1.82) is 0 Å². The second kappa shape index (κ2) is 4.72. The highest BCUT2D eigenvalue weighted by Crippen LogP contribution is 2.32. The van der Waals surface area contributed by atoms with Gasteiger partial charge in [-0.25, -0.2) is 4.98 Å². The van der Waals surface area contributed by atoms with Gasteiger partial charge in [0.1, 0.15) is 0 Å². The second-order valence-electron chi connectivity index (χ2n) is 3.59. The topological polar surface area (TPSA) is 41.6 Å². The number of aromatic amines is 1. The zero-order chi connectivity index (χ0) is 12.5. The maximum atomic E-state index is 6.14. The summed E-state index contributed by atoms with van der Waals surface area (Å²) in [5, 5.41) is 10.0. The van der Waals surface area contributed by atoms with E-state index in [2.05, 4.69) is 15.2 Å². The Labute approximate surface area is 117 Å². The fourth-order valence-electron chi connectivity index (χ4n) is 1.58. The van der Waals surface area contributed by atoms with Crippen LogP contribution < -0.4 is 0 Å². The van der Waals surface area contributed by atoms with Crippen molar-refractivity contribution in [3.8, 4) is 22.1 Å². The Morgan fingerprint density at radius 1 is 1.11 bits per heavy atom. The largest absolute Gasteiger partial charge is 0.258 e. The summed E-state index contributed by atoms with van der Waals surface area (Å²) in [5.41, 5.74) is 0.725. The van der Waals surface area contributed by atoms with Crippen LogP contribution in [0.2, 0.25) is 10.0 Å². The molecule has 2 aromatic heterocycles. The molecule has 0 atom stereocenters. The first-order valence-electron chi connectivity index (χ1n) is 5.16. The number of halogens is 2. The van der Waals surface area contributed by atoms with Gasteiger partial charge in [0.15, 0.2) is 11.6 Å². The molecule has 0 amide bonds. The predicted octanol–water partition coefficient (Wildman–Crippen LogP) is 4.51. The Bertz CT molecular complexity index is 676. The fourth-order valence-corrected chi connectivity index (χ4v) is 2.63. The molecule has 90 valence electrons. The highest BCUT2D eigenvalue weighted by atomic mass is 35.5. The molecule has 6 heteroatoms. The highest BCUT2D eigenvalue weighted by molar-refractivity contribution is 7.13. The van der Waals surface area contributed by atoms with E-state index in [0.29, 0.717) is 15.9 Å². The summed E-state index contributed by atoms with van der Waals surface area (Å²) in [6, 6.07) is 9.35. The van der Waals surface area contributed by atoms with Crippen molar-refractivity contribution < 1.29 is 0 Å². The molecule has 0 aliphatic heterocycles. The number of rotatable bonds is 2. The number of benzene rings is 1. The van der Waals surface area contributed by atoms with E-state index < -0.39 is 0 Å². The quantitative estimate of drug-likeness (QED) is 0.756. The molecule has 0 spiro atoms. The summed E-state index contributed by atoms with van der Waals surface area (Å²) >= 11 is 13.7. The lowest BCUT2D eigenvalue weighted by atomic mass is 10.2. The molecular formula is C12H7Cl2N3S. The number of hydrogen-bond acceptors (Lipinski definition) is 3. The van der Waals surface area contributed by atoms with Crippen LogP contribution in [0.5, 0.6) is 0 Å². The molecule has 0 aliphatic carbocycles. The Balaban J connectivity index is 2.06. The molecule has 2 heterocycles. The summed E-state index contributed by atoms with van der Waals surface area (Å²) in [7, 11) is 0. The van der Waals surface area contributed by atoms with Crippen LogP contribution in [-0.2, 0) is 0 Å². The third-order valence-corrected chi connectivity index (χ3v) is 4.13. The third-order valence-electron chi connectivity index (χ3n) is 2.43. The first kappa shape index (κ1) is 11.7. The van der Waals surface area contributed by atoms with E-state index in [1.54, 1.807) is 17.4 Å². The van der Waals surface area contributed by atoms with Crippen LogP contribution in [0.4, 0.5) is 0 Å². The number of H-pyrrole nitrogens is 1. The van der Waals surface area contributed by atoms with E-state index in [-0.39, 0.29) is 0 Å². The Morgan fingerprint density at radius 2 is 2.00 bits per heavy atom. The molecule has 0 bridgehead atoms. The number of nitrogens with zero attached hydrogens (tertiary/aromatic N) is 2. The van der Waals surface area contributed by atoms with Crippen LogP contribution in [0.3, 0.4) is 0 Å². The lowest BCUT2D eigenvalue weighted by Gasteiger charge is -2.00. The van der Waals surface area contributed by atoms with Crippen molar-refractivity contribution in [2.75, 3.05) is 0 Å². The van der Waals surface area contributed by atoms with Crippen molar-refractivity contribution in [2.24, 2.45) is 0 Å². The SMILES string of the molecule is Clc1cccc(-c2n[nH]c(-c3cccs3)n2)c1Cl. The van der Waals surface area contributed by atoms with Gasteiger partial charge in [-0.05, 0) is 23.6 Å². The van der Waals surface area contributed by atoms with Crippen molar-refractivity contribution in [3.05, 3.63) is 45.8 Å². The molecule has 18 heavy (non-hydrogen) atoms. The number of thiophene rings is 1. The van der Waals surface area contributed by atoms with Crippen LogP contribution in [0.15, 0.2) is 35.7 Å². The Morgan fingerprint density at radius 3 is 2.78 bits per heavy atom. The molecule has 0 aliphatic rings. The van der Waals surface area contributed by atoms with Gasteiger partial charge in [-0.2, -0.15) is 5.10 Å². The van der Waals surface area contributed by atoms with Gasteiger partial charge in [-0.3, -0.25) is 5.10 Å². The van der Waals surface area contributed by atoms with Gasteiger partial charge in [-0.1, -0.05) is 35.3 Å². The van der Waals surface area contributed by atoms with Crippen LogP contribution in [-0.4, -0.2) is 15.2 Å². The molecule has 0 unspecified atom stereocenters. The van der Waals surface area contributed by atoms with E-state index in [0.717, 1.165) is 16.3 Å². The molecule has 3 rings (SSSR count). The van der Waals surface area contributed by atoms with Crippen molar-refractivity contribution >= 4 is 34.5 Å². The third kappa shape index (κ3) is 2.03. The molecule has 3 aromatic rings. The van der Waals surface area contributed by atoms with E-state index in [4.69, 9.17) is 23.2 Å². The minimum Gasteiger partial charge on any atom is -0.258 e. The molecule has 0 saturated carbocycles. The Kier molecular flexibility index (Phi) is 3.07. The van der Waals surface area contributed by atoms with Gasteiger partial charge in [0, 0.05) is 5.56 Å². The number of aromatic nitrogens is 3. The van der Waals surface area contributed by atoms with Crippen LogP contribution in [0.1, 0.15) is 0 Å². The lowest BCUT2D eigenvalue weighted by molar-refractivity contribution is 1.10. The molecule has 1 aromatic carbocycles. The second-order valence-corrected chi connectivity index (χ2v) is 5.32. The van der Waals surface area contributed by atoms with E-state index >= 15 is 0 Å². The zero-order valence-corrected chi connectivity index (χ0v) is 11.4. The van der Waals surface area contributed by atoms with Crippen molar-refractivity contribution in [1.82, 2.24) is 15.2 Å². The van der Waals surface area contributed by atoms with Gasteiger partial charge in [0.2, 0.25) is 0 Å². The maximum absolute atomic E-state index is 6.14. The standard InChI is InChI=1S/C12H7Cl2N3S/c13-8-4-1-3-7(10(8)14)11-15-12(17-16-11)9-5-2-6-18-9/h1-6H,(H,15,16,17). The molecule has 1 N–H and O–H groups in total. The predicted molar refractivity (Wildman–Crippen MR) is 75.2 cm³/mol. The van der Waals surface area contributed by atoms with Crippen molar-refractivity contribution in [2.45, 2.75) is 0 Å². The van der Waals surface area contributed by atoms with Crippen LogP contribution in [0.25, 0.3) is 22.1 Å². The summed E-state index contributed by atoms with van der Waals surface area (Å²) < 4.78 is 0. The van der Waals surface area contributed by atoms with E-state index in [1.165, 1.54) is 0 Å². The van der Waals surface area contributed by atoms with Gasteiger partial charge in [0.25, 0.3) is 0 Å². The first-order chi connectivity index (χ1) is 8.75. The summed E-state index contributed by atoms with van der Waals surface area (Å²) in [6.07, 6.45) is 0. The van der Waals surface area contributed by atoms with Crippen molar-refractivity contribution in [3.63, 3.8) is 0 Å². The highest BCUT2D eigenvalue weighted by Gasteiger charge is 2.12. The molecule has 0 radical (unpaired) electrons. The maximum Gasteiger partial charge on any atom is 0.183 e. The normalized spacial score (nSPS) is 10.8. The lowest BCUT2D eigenvalue weighted by Crippen LogP contribution is -1.83. The smallest absolute Gasteiger partial charge is 0.183 e. The number of hydrogen-bond donors (Lipinski definition) is 1. The molecular weight excluding hydrogens is 289 g/mol. The van der Waals surface area contributed by atoms with Gasteiger partial charge < -0.3 is 0 Å². The molecule has 0 fully saturated rings. The zero-order valence-electron chi connectivity index (χ0n) is 9.02. The summed E-state index contributed by atoms with van der Waals surface area (Å²) in [4.78, 5) is 5.46. The van der Waals surface area contributed by atoms with Crippen LogP contribution in [0, 0.1) is 0 Å². The Hall–Kier alpha value is -1.36. The molecule has 0 saturated heterocycles. The van der Waals surface area contributed by atoms with Crippen LogP contribution >= 0.6 is 34.5 Å². The average Bonchev–Trinajstić information content (AvgIpc) is 3.01. The van der Waals surface area contributed by atoms with E-state index in [9.17, 15) is 0 Å². The fraction of sp³-hybridized carbons (Fsp3) is 0. The summed E-state index contributed by atoms with van der Waals surface area (Å²) in [6.45, 7) is 0. The monoisotopic (exact) mass is 295 g/mol. The average molecular weight is 296 g/mol. The minimum absolute atomic E-state index is 0.468. The summed E-state index contributed by atoms with van der Waals surface area (Å²) in [5.74, 6) is 1.28. The van der Waals surface area contributed by atoms with E-state index in [1.807, 2.05) is 29.6 Å². The van der Waals surface area contributed by atoms with Gasteiger partial charge >= 0.3 is 0 Å². The van der Waals surface area contributed by atoms with Gasteiger partial charge in [0.05, 0.1) is 14.9 Å². The molecule has 3 nitrogen and oxygen atoms in total. The van der Waals surface area contributed by atoms with Gasteiger partial charge in [-0.15, -0.1) is 11.3 Å². The first-order valence-corrected chi connectivity index (χ1v) is 6.80. The number of nitrogens with one attached hydrogen (secondary N) is 1. The minimum atomic E-state index is 0.468.